The molecule has 1 heterocycles. The number of imidazole rings is 1. The van der Waals surface area contributed by atoms with Crippen LogP contribution in [0.3, 0.4) is 0 Å². The molecule has 0 unspecified atom stereocenters. The van der Waals surface area contributed by atoms with E-state index in [1.54, 1.807) is 6.20 Å². The van der Waals surface area contributed by atoms with E-state index in [-0.39, 0.29) is 16.3 Å². The van der Waals surface area contributed by atoms with Crippen molar-refractivity contribution in [3.8, 4) is 0 Å². The van der Waals surface area contributed by atoms with Crippen LogP contribution in [0.1, 0.15) is 5.56 Å². The van der Waals surface area contributed by atoms with Crippen molar-refractivity contribution in [2.75, 3.05) is 0 Å². The Morgan fingerprint density at radius 1 is 1.35 bits per heavy atom. The van der Waals surface area contributed by atoms with Crippen molar-refractivity contribution in [2.45, 2.75) is 10.1 Å². The molecule has 0 spiro atoms. The molecule has 88 valence electrons. The minimum Gasteiger partial charge on any atom is -0.384 e. The zero-order chi connectivity index (χ0) is 12.4. The van der Waals surface area contributed by atoms with E-state index in [0.29, 0.717) is 5.16 Å². The van der Waals surface area contributed by atoms with Gasteiger partial charge in [-0.05, 0) is 23.9 Å². The topological polar surface area (TPSA) is 78.6 Å². The fourth-order valence-electron chi connectivity index (χ4n) is 1.22. The molecule has 1 aromatic heterocycles. The number of rotatable bonds is 3. The van der Waals surface area contributed by atoms with Gasteiger partial charge in [0.1, 0.15) is 17.5 Å². The van der Waals surface area contributed by atoms with E-state index >= 15 is 0 Å². The first-order chi connectivity index (χ1) is 8.08. The number of nitrogens with two attached hydrogens (primary N) is 1. The maximum absolute atomic E-state index is 13.6. The van der Waals surface area contributed by atoms with Gasteiger partial charge in [0.15, 0.2) is 5.16 Å². The first-order valence-corrected chi connectivity index (χ1v) is 5.40. The van der Waals surface area contributed by atoms with Crippen molar-refractivity contribution >= 4 is 17.6 Å². The molecule has 0 atom stereocenters. The molecular formula is C10H8F2N4S. The van der Waals surface area contributed by atoms with Gasteiger partial charge < -0.3 is 10.7 Å². The molecule has 2 rings (SSSR count). The molecular weight excluding hydrogens is 246 g/mol. The Morgan fingerprint density at radius 3 is 2.47 bits per heavy atom. The van der Waals surface area contributed by atoms with Gasteiger partial charge in [-0.1, -0.05) is 0 Å². The molecule has 0 radical (unpaired) electrons. The summed E-state index contributed by atoms with van der Waals surface area (Å²) < 4.78 is 27.2. The van der Waals surface area contributed by atoms with E-state index in [4.69, 9.17) is 11.1 Å². The van der Waals surface area contributed by atoms with Gasteiger partial charge in [0.2, 0.25) is 0 Å². The van der Waals surface area contributed by atoms with Crippen LogP contribution in [-0.2, 0) is 0 Å². The lowest BCUT2D eigenvalue weighted by Gasteiger charge is -2.05. The van der Waals surface area contributed by atoms with Gasteiger partial charge in [0.25, 0.3) is 0 Å². The van der Waals surface area contributed by atoms with Crippen LogP contribution < -0.4 is 5.73 Å². The van der Waals surface area contributed by atoms with Crippen LogP contribution >= 0.6 is 11.8 Å². The Hall–Kier alpha value is -1.89. The lowest BCUT2D eigenvalue weighted by Crippen LogP contribution is -2.12. The standard InChI is InChI=1S/C10H8F2N4S/c11-6-3-5(9(13)14)4-7(12)8(6)17-10-15-1-2-16-10/h1-4H,(H3,13,14)(H,15,16). The highest BCUT2D eigenvalue weighted by atomic mass is 32.2. The summed E-state index contributed by atoms with van der Waals surface area (Å²) >= 11 is 0.840. The van der Waals surface area contributed by atoms with Crippen LogP contribution in [0.25, 0.3) is 0 Å². The maximum atomic E-state index is 13.6. The fourth-order valence-corrected chi connectivity index (χ4v) is 1.96. The molecule has 0 saturated heterocycles. The molecule has 0 saturated carbocycles. The Balaban J connectivity index is 2.38. The number of H-pyrrole nitrogens is 1. The smallest absolute Gasteiger partial charge is 0.170 e. The molecule has 7 heteroatoms. The predicted octanol–water partition coefficient (Wildman–Crippen LogP) is 2.12. The minimum absolute atomic E-state index is 0.0174. The molecule has 0 fully saturated rings. The summed E-state index contributed by atoms with van der Waals surface area (Å²) in [5.41, 5.74) is 5.18. The Bertz CT molecular complexity index is 530. The highest BCUT2D eigenvalue weighted by Crippen LogP contribution is 2.30. The van der Waals surface area contributed by atoms with Gasteiger partial charge in [0, 0.05) is 18.0 Å². The van der Waals surface area contributed by atoms with E-state index in [0.717, 1.165) is 23.9 Å². The van der Waals surface area contributed by atoms with Crippen LogP contribution in [0.15, 0.2) is 34.6 Å². The molecule has 0 aliphatic heterocycles. The van der Waals surface area contributed by atoms with Crippen LogP contribution in [0, 0.1) is 17.0 Å². The third-order valence-electron chi connectivity index (χ3n) is 1.98. The number of aromatic nitrogens is 2. The van der Waals surface area contributed by atoms with Crippen molar-refractivity contribution in [3.05, 3.63) is 41.7 Å². The second-order valence-electron chi connectivity index (χ2n) is 3.18. The van der Waals surface area contributed by atoms with Gasteiger partial charge in [-0.25, -0.2) is 13.8 Å². The number of nitrogens with zero attached hydrogens (tertiary/aromatic N) is 1. The quantitative estimate of drug-likeness (QED) is 0.580. The number of nitrogens with one attached hydrogen (secondary N) is 2. The number of hydrogen-bond acceptors (Lipinski definition) is 3. The van der Waals surface area contributed by atoms with E-state index < -0.39 is 11.6 Å². The van der Waals surface area contributed by atoms with Crippen LogP contribution in [0.5, 0.6) is 0 Å². The molecule has 0 aliphatic carbocycles. The molecule has 17 heavy (non-hydrogen) atoms. The van der Waals surface area contributed by atoms with E-state index in [2.05, 4.69) is 9.97 Å². The van der Waals surface area contributed by atoms with Gasteiger partial charge in [-0.2, -0.15) is 0 Å². The summed E-state index contributed by atoms with van der Waals surface area (Å²) in [5, 5.41) is 7.50. The summed E-state index contributed by atoms with van der Waals surface area (Å²) in [6.45, 7) is 0. The monoisotopic (exact) mass is 254 g/mol. The summed E-state index contributed by atoms with van der Waals surface area (Å²) in [6, 6.07) is 2.05. The minimum atomic E-state index is -0.767. The molecule has 1 aromatic carbocycles. The second kappa shape index (κ2) is 4.54. The summed E-state index contributed by atoms with van der Waals surface area (Å²) in [4.78, 5) is 6.41. The van der Waals surface area contributed by atoms with Crippen molar-refractivity contribution in [3.63, 3.8) is 0 Å². The molecule has 4 nitrogen and oxygen atoms in total. The van der Waals surface area contributed by atoms with E-state index in [1.165, 1.54) is 6.20 Å². The SMILES string of the molecule is N=C(N)c1cc(F)c(Sc2ncc[nH]2)c(F)c1. The highest BCUT2D eigenvalue weighted by molar-refractivity contribution is 7.99. The fraction of sp³-hybridized carbons (Fsp3) is 0. The normalized spacial score (nSPS) is 10.5. The third kappa shape index (κ3) is 2.44. The Kier molecular flexibility index (Phi) is 3.10. The van der Waals surface area contributed by atoms with Crippen LogP contribution in [0.4, 0.5) is 8.78 Å². The van der Waals surface area contributed by atoms with Crippen LogP contribution in [-0.4, -0.2) is 15.8 Å². The summed E-state index contributed by atoms with van der Waals surface area (Å²) in [7, 11) is 0. The maximum Gasteiger partial charge on any atom is 0.170 e. The average molecular weight is 254 g/mol. The number of aromatic amines is 1. The Labute approximate surface area is 99.8 Å². The van der Waals surface area contributed by atoms with Gasteiger partial charge in [0.05, 0.1) is 4.90 Å². The second-order valence-corrected chi connectivity index (χ2v) is 4.18. The molecule has 0 amide bonds. The summed E-state index contributed by atoms with van der Waals surface area (Å²) in [6.07, 6.45) is 3.05. The zero-order valence-electron chi connectivity index (χ0n) is 8.50. The molecule has 0 aliphatic rings. The van der Waals surface area contributed by atoms with Crippen molar-refractivity contribution in [1.82, 2.24) is 9.97 Å². The van der Waals surface area contributed by atoms with Crippen molar-refractivity contribution < 1.29 is 8.78 Å². The molecule has 0 bridgehead atoms. The lowest BCUT2D eigenvalue weighted by molar-refractivity contribution is 0.539. The first-order valence-electron chi connectivity index (χ1n) is 4.58. The number of benzene rings is 1. The molecule has 2 aromatic rings. The predicted molar refractivity (Wildman–Crippen MR) is 60.1 cm³/mol. The van der Waals surface area contributed by atoms with Gasteiger partial charge in [-0.3, -0.25) is 5.41 Å². The van der Waals surface area contributed by atoms with Crippen molar-refractivity contribution in [2.24, 2.45) is 5.73 Å². The zero-order valence-corrected chi connectivity index (χ0v) is 9.31. The number of nitrogen functional groups attached to an aromatic ring is 1. The third-order valence-corrected chi connectivity index (χ3v) is 2.99. The lowest BCUT2D eigenvalue weighted by atomic mass is 10.2. The van der Waals surface area contributed by atoms with E-state index in [1.807, 2.05) is 0 Å². The van der Waals surface area contributed by atoms with Gasteiger partial charge in [-0.15, -0.1) is 0 Å². The average Bonchev–Trinajstić information content (AvgIpc) is 2.75. The van der Waals surface area contributed by atoms with Crippen LogP contribution in [0.2, 0.25) is 0 Å². The first kappa shape index (κ1) is 11.6. The number of hydrogen-bond donors (Lipinski definition) is 3. The highest BCUT2D eigenvalue weighted by Gasteiger charge is 2.14. The Morgan fingerprint density at radius 2 is 2.00 bits per heavy atom. The summed E-state index contributed by atoms with van der Waals surface area (Å²) in [5.74, 6) is -1.91. The number of halogens is 2. The van der Waals surface area contributed by atoms with E-state index in [9.17, 15) is 8.78 Å². The largest absolute Gasteiger partial charge is 0.384 e. The number of amidine groups is 1. The molecule has 4 N–H and O–H groups in total. The van der Waals surface area contributed by atoms with Gasteiger partial charge >= 0.3 is 0 Å². The van der Waals surface area contributed by atoms with Crippen molar-refractivity contribution in [1.29, 1.82) is 5.41 Å².